The van der Waals surface area contributed by atoms with Crippen LogP contribution in [0.25, 0.3) is 6.08 Å². The standard InChI is InChI=1S/C18H20O3/c1-2-20-17-11-7-16(8-12-17)14-21-18-9-5-15(6-10-18)4-3-13-19/h3-12,19H,2,13-14H2,1H3. The van der Waals surface area contributed by atoms with Gasteiger partial charge in [-0.3, -0.25) is 0 Å². The van der Waals surface area contributed by atoms with Crippen LogP contribution in [0.4, 0.5) is 0 Å². The summed E-state index contributed by atoms with van der Waals surface area (Å²) < 4.78 is 11.1. The van der Waals surface area contributed by atoms with Crippen molar-refractivity contribution < 1.29 is 14.6 Å². The molecule has 0 aliphatic heterocycles. The second kappa shape index (κ2) is 8.12. The molecule has 0 saturated heterocycles. The molecule has 0 aliphatic carbocycles. The van der Waals surface area contributed by atoms with Crippen molar-refractivity contribution >= 4 is 6.08 Å². The number of hydrogen-bond donors (Lipinski definition) is 1. The van der Waals surface area contributed by atoms with Crippen LogP contribution in [-0.4, -0.2) is 18.3 Å². The summed E-state index contributed by atoms with van der Waals surface area (Å²) in [5, 5.41) is 8.73. The summed E-state index contributed by atoms with van der Waals surface area (Å²) in [6, 6.07) is 15.7. The maximum absolute atomic E-state index is 8.73. The van der Waals surface area contributed by atoms with Gasteiger partial charge in [-0.15, -0.1) is 0 Å². The summed E-state index contributed by atoms with van der Waals surface area (Å²) in [4.78, 5) is 0. The van der Waals surface area contributed by atoms with E-state index in [1.165, 1.54) is 0 Å². The van der Waals surface area contributed by atoms with E-state index in [1.807, 2.05) is 61.5 Å². The Bertz CT molecular complexity index is 556. The van der Waals surface area contributed by atoms with Gasteiger partial charge in [-0.25, -0.2) is 0 Å². The van der Waals surface area contributed by atoms with E-state index in [1.54, 1.807) is 6.08 Å². The molecule has 0 bridgehead atoms. The average Bonchev–Trinajstić information content (AvgIpc) is 2.53. The number of rotatable bonds is 7. The van der Waals surface area contributed by atoms with Gasteiger partial charge in [0, 0.05) is 0 Å². The van der Waals surface area contributed by atoms with Gasteiger partial charge in [-0.1, -0.05) is 36.4 Å². The van der Waals surface area contributed by atoms with Crippen molar-refractivity contribution in [1.29, 1.82) is 0 Å². The molecule has 0 aliphatic rings. The molecule has 2 aromatic carbocycles. The zero-order chi connectivity index (χ0) is 14.9. The second-order valence-electron chi connectivity index (χ2n) is 4.52. The van der Waals surface area contributed by atoms with Gasteiger partial charge in [0.05, 0.1) is 13.2 Å². The van der Waals surface area contributed by atoms with Gasteiger partial charge in [0.25, 0.3) is 0 Å². The van der Waals surface area contributed by atoms with Crippen molar-refractivity contribution in [1.82, 2.24) is 0 Å². The van der Waals surface area contributed by atoms with Crippen LogP contribution in [0, 0.1) is 0 Å². The van der Waals surface area contributed by atoms with Crippen LogP contribution in [0.15, 0.2) is 54.6 Å². The normalized spacial score (nSPS) is 10.8. The van der Waals surface area contributed by atoms with Crippen molar-refractivity contribution in [2.24, 2.45) is 0 Å². The number of hydrogen-bond acceptors (Lipinski definition) is 3. The third kappa shape index (κ3) is 4.97. The molecule has 0 saturated carbocycles. The van der Waals surface area contributed by atoms with Crippen molar-refractivity contribution in [3.8, 4) is 11.5 Å². The Morgan fingerprint density at radius 3 is 2.14 bits per heavy atom. The number of benzene rings is 2. The number of ether oxygens (including phenoxy) is 2. The highest BCUT2D eigenvalue weighted by Crippen LogP contribution is 2.17. The minimum absolute atomic E-state index is 0.0516. The largest absolute Gasteiger partial charge is 0.494 e. The molecule has 3 nitrogen and oxygen atoms in total. The Hall–Kier alpha value is -2.26. The van der Waals surface area contributed by atoms with Gasteiger partial charge in [0.15, 0.2) is 0 Å². The lowest BCUT2D eigenvalue weighted by Gasteiger charge is -2.08. The van der Waals surface area contributed by atoms with E-state index in [2.05, 4.69) is 0 Å². The number of aliphatic hydroxyl groups is 1. The summed E-state index contributed by atoms with van der Waals surface area (Å²) in [6.45, 7) is 3.22. The minimum Gasteiger partial charge on any atom is -0.494 e. The molecule has 0 spiro atoms. The Morgan fingerprint density at radius 1 is 0.905 bits per heavy atom. The first kappa shape index (κ1) is 15.1. The smallest absolute Gasteiger partial charge is 0.119 e. The van der Waals surface area contributed by atoms with E-state index >= 15 is 0 Å². The maximum Gasteiger partial charge on any atom is 0.119 e. The van der Waals surface area contributed by atoms with Crippen LogP contribution >= 0.6 is 0 Å². The molecular formula is C18H20O3. The molecule has 3 heteroatoms. The predicted molar refractivity (Wildman–Crippen MR) is 84.5 cm³/mol. The highest BCUT2D eigenvalue weighted by Gasteiger charge is 1.97. The lowest BCUT2D eigenvalue weighted by atomic mass is 10.2. The first-order chi connectivity index (χ1) is 10.3. The second-order valence-corrected chi connectivity index (χ2v) is 4.52. The molecule has 0 radical (unpaired) electrons. The van der Waals surface area contributed by atoms with E-state index in [-0.39, 0.29) is 6.61 Å². The maximum atomic E-state index is 8.73. The fourth-order valence-corrected chi connectivity index (χ4v) is 1.88. The average molecular weight is 284 g/mol. The fraction of sp³-hybridized carbons (Fsp3) is 0.222. The Morgan fingerprint density at radius 2 is 1.52 bits per heavy atom. The van der Waals surface area contributed by atoms with Gasteiger partial charge in [0.1, 0.15) is 18.1 Å². The fourth-order valence-electron chi connectivity index (χ4n) is 1.88. The molecule has 0 heterocycles. The number of aliphatic hydroxyl groups excluding tert-OH is 1. The van der Waals surface area contributed by atoms with Crippen LogP contribution in [-0.2, 0) is 6.61 Å². The van der Waals surface area contributed by atoms with E-state index in [9.17, 15) is 0 Å². The van der Waals surface area contributed by atoms with Gasteiger partial charge in [-0.2, -0.15) is 0 Å². The molecule has 21 heavy (non-hydrogen) atoms. The third-order valence-corrected chi connectivity index (χ3v) is 2.94. The molecule has 0 unspecified atom stereocenters. The summed E-state index contributed by atoms with van der Waals surface area (Å²) in [5.74, 6) is 1.70. The minimum atomic E-state index is 0.0516. The van der Waals surface area contributed by atoms with Crippen molar-refractivity contribution in [3.05, 3.63) is 65.7 Å². The summed E-state index contributed by atoms with van der Waals surface area (Å²) >= 11 is 0. The predicted octanol–water partition coefficient (Wildman–Crippen LogP) is 3.67. The van der Waals surface area contributed by atoms with Crippen LogP contribution < -0.4 is 9.47 Å². The lowest BCUT2D eigenvalue weighted by molar-refractivity contribution is 0.305. The van der Waals surface area contributed by atoms with Gasteiger partial charge in [0.2, 0.25) is 0 Å². The zero-order valence-corrected chi connectivity index (χ0v) is 12.2. The molecule has 0 atom stereocenters. The van der Waals surface area contributed by atoms with Gasteiger partial charge in [-0.05, 0) is 42.3 Å². The molecule has 1 N–H and O–H groups in total. The SMILES string of the molecule is CCOc1ccc(COc2ccc(C=CCO)cc2)cc1. The molecule has 2 rings (SSSR count). The third-order valence-electron chi connectivity index (χ3n) is 2.94. The van der Waals surface area contributed by atoms with Crippen LogP contribution in [0.2, 0.25) is 0 Å². The van der Waals surface area contributed by atoms with E-state index in [0.29, 0.717) is 13.2 Å². The first-order valence-corrected chi connectivity index (χ1v) is 7.04. The molecular weight excluding hydrogens is 264 g/mol. The zero-order valence-electron chi connectivity index (χ0n) is 12.2. The summed E-state index contributed by atoms with van der Waals surface area (Å²) in [5.41, 5.74) is 2.14. The van der Waals surface area contributed by atoms with E-state index in [0.717, 1.165) is 22.6 Å². The highest BCUT2D eigenvalue weighted by atomic mass is 16.5. The molecule has 0 amide bonds. The van der Waals surface area contributed by atoms with Gasteiger partial charge < -0.3 is 14.6 Å². The van der Waals surface area contributed by atoms with Gasteiger partial charge >= 0.3 is 0 Å². The Labute approximate surface area is 125 Å². The molecule has 2 aromatic rings. The highest BCUT2D eigenvalue weighted by molar-refractivity contribution is 5.50. The Kier molecular flexibility index (Phi) is 5.85. The van der Waals surface area contributed by atoms with Crippen molar-refractivity contribution in [2.75, 3.05) is 13.2 Å². The summed E-state index contributed by atoms with van der Waals surface area (Å²) in [6.07, 6.45) is 3.58. The molecule has 0 aromatic heterocycles. The molecule has 0 fully saturated rings. The van der Waals surface area contributed by atoms with Crippen LogP contribution in [0.5, 0.6) is 11.5 Å². The van der Waals surface area contributed by atoms with E-state index in [4.69, 9.17) is 14.6 Å². The molecule has 110 valence electrons. The topological polar surface area (TPSA) is 38.7 Å². The van der Waals surface area contributed by atoms with Crippen molar-refractivity contribution in [2.45, 2.75) is 13.5 Å². The lowest BCUT2D eigenvalue weighted by Crippen LogP contribution is -1.96. The van der Waals surface area contributed by atoms with Crippen LogP contribution in [0.3, 0.4) is 0 Å². The first-order valence-electron chi connectivity index (χ1n) is 7.04. The monoisotopic (exact) mass is 284 g/mol. The summed E-state index contributed by atoms with van der Waals surface area (Å²) in [7, 11) is 0. The quantitative estimate of drug-likeness (QED) is 0.843. The van der Waals surface area contributed by atoms with Crippen molar-refractivity contribution in [3.63, 3.8) is 0 Å². The Balaban J connectivity index is 1.88. The van der Waals surface area contributed by atoms with E-state index < -0.39 is 0 Å². The van der Waals surface area contributed by atoms with Crippen LogP contribution in [0.1, 0.15) is 18.1 Å².